The first-order valence-electron chi connectivity index (χ1n) is 6.83. The van der Waals surface area contributed by atoms with Gasteiger partial charge in [-0.2, -0.15) is 0 Å². The van der Waals surface area contributed by atoms with Crippen molar-refractivity contribution in [1.29, 1.82) is 0 Å². The zero-order valence-electron chi connectivity index (χ0n) is 11.4. The summed E-state index contributed by atoms with van der Waals surface area (Å²) < 4.78 is 5.57. The van der Waals surface area contributed by atoms with Gasteiger partial charge in [-0.25, -0.2) is 4.98 Å². The molecule has 2 aromatic heterocycles. The van der Waals surface area contributed by atoms with Gasteiger partial charge < -0.3 is 20.2 Å². The third-order valence-corrected chi connectivity index (χ3v) is 4.53. The highest BCUT2D eigenvalue weighted by molar-refractivity contribution is 7.14. The van der Waals surface area contributed by atoms with Gasteiger partial charge in [0.1, 0.15) is 5.76 Å². The number of β-amino-alcohol motifs (C(OH)–C–C–N with tert-alkyl or cyclic N) is 1. The van der Waals surface area contributed by atoms with Crippen molar-refractivity contribution in [3.05, 3.63) is 29.0 Å². The molecule has 3 heterocycles. The Bertz CT molecular complexity index is 566. The summed E-state index contributed by atoms with van der Waals surface area (Å²) in [5.74, 6) is 2.03. The minimum atomic E-state index is -0.231. The lowest BCUT2D eigenvalue weighted by atomic mass is 10.1. The number of thiazole rings is 1. The zero-order valence-corrected chi connectivity index (χ0v) is 12.2. The van der Waals surface area contributed by atoms with Gasteiger partial charge in [-0.1, -0.05) is 0 Å². The Morgan fingerprint density at radius 1 is 1.50 bits per heavy atom. The predicted octanol–water partition coefficient (Wildman–Crippen LogP) is 1.38. The SMILES string of the molecule is Cc1ccc(-c2ncc(CNCC3CNCC3O)s2)o1. The molecule has 108 valence electrons. The molecule has 2 aromatic rings. The maximum atomic E-state index is 9.72. The Morgan fingerprint density at radius 3 is 3.10 bits per heavy atom. The Balaban J connectivity index is 1.52. The lowest BCUT2D eigenvalue weighted by Gasteiger charge is -2.13. The van der Waals surface area contributed by atoms with Crippen LogP contribution in [0.1, 0.15) is 10.6 Å². The second-order valence-corrected chi connectivity index (χ2v) is 6.27. The summed E-state index contributed by atoms with van der Waals surface area (Å²) in [7, 11) is 0. The maximum absolute atomic E-state index is 9.72. The Hall–Kier alpha value is -1.21. The standard InChI is InChI=1S/C14H19N3O2S/c1-9-2-3-13(19-9)14-17-7-11(20-14)6-15-4-10-5-16-8-12(10)18/h2-3,7,10,12,15-16,18H,4-6,8H2,1H3. The molecular weight excluding hydrogens is 274 g/mol. The van der Waals surface area contributed by atoms with Gasteiger partial charge in [0.2, 0.25) is 0 Å². The molecule has 20 heavy (non-hydrogen) atoms. The van der Waals surface area contributed by atoms with Crippen LogP contribution in [0.5, 0.6) is 0 Å². The summed E-state index contributed by atoms with van der Waals surface area (Å²) in [6, 6.07) is 3.90. The van der Waals surface area contributed by atoms with Crippen LogP contribution < -0.4 is 10.6 Å². The van der Waals surface area contributed by atoms with E-state index in [0.717, 1.165) is 36.2 Å². The van der Waals surface area contributed by atoms with E-state index in [2.05, 4.69) is 15.6 Å². The maximum Gasteiger partial charge on any atom is 0.162 e. The van der Waals surface area contributed by atoms with E-state index < -0.39 is 0 Å². The molecule has 3 N–H and O–H groups in total. The van der Waals surface area contributed by atoms with Gasteiger partial charge >= 0.3 is 0 Å². The number of aliphatic hydroxyl groups is 1. The minimum Gasteiger partial charge on any atom is -0.459 e. The van der Waals surface area contributed by atoms with Gasteiger partial charge in [-0.3, -0.25) is 0 Å². The van der Waals surface area contributed by atoms with Gasteiger partial charge in [0, 0.05) is 43.2 Å². The van der Waals surface area contributed by atoms with E-state index in [1.54, 1.807) is 11.3 Å². The lowest BCUT2D eigenvalue weighted by Crippen LogP contribution is -2.29. The number of nitrogens with zero attached hydrogens (tertiary/aromatic N) is 1. The number of aryl methyl sites for hydroxylation is 1. The third kappa shape index (κ3) is 3.09. The average molecular weight is 293 g/mol. The van der Waals surface area contributed by atoms with Crippen molar-refractivity contribution in [2.75, 3.05) is 19.6 Å². The Labute approximate surface area is 122 Å². The van der Waals surface area contributed by atoms with Crippen molar-refractivity contribution >= 4 is 11.3 Å². The van der Waals surface area contributed by atoms with Crippen LogP contribution in [0.25, 0.3) is 10.8 Å². The smallest absolute Gasteiger partial charge is 0.162 e. The summed E-state index contributed by atoms with van der Waals surface area (Å²) in [6.07, 6.45) is 1.65. The molecule has 5 nitrogen and oxygen atoms in total. The van der Waals surface area contributed by atoms with Crippen LogP contribution in [0, 0.1) is 12.8 Å². The molecule has 1 aliphatic rings. The predicted molar refractivity (Wildman–Crippen MR) is 78.6 cm³/mol. The molecular formula is C14H19N3O2S. The lowest BCUT2D eigenvalue weighted by molar-refractivity contribution is 0.146. The first kappa shape index (κ1) is 13.8. The molecule has 1 saturated heterocycles. The van der Waals surface area contributed by atoms with Crippen molar-refractivity contribution in [1.82, 2.24) is 15.6 Å². The van der Waals surface area contributed by atoms with Crippen LogP contribution in [-0.4, -0.2) is 35.8 Å². The Morgan fingerprint density at radius 2 is 2.40 bits per heavy atom. The van der Waals surface area contributed by atoms with Crippen LogP contribution in [-0.2, 0) is 6.54 Å². The van der Waals surface area contributed by atoms with Gasteiger partial charge in [0.15, 0.2) is 10.8 Å². The number of hydrogen-bond acceptors (Lipinski definition) is 6. The number of rotatable bonds is 5. The zero-order chi connectivity index (χ0) is 13.9. The van der Waals surface area contributed by atoms with E-state index in [1.165, 1.54) is 4.88 Å². The van der Waals surface area contributed by atoms with Crippen molar-refractivity contribution < 1.29 is 9.52 Å². The average Bonchev–Trinajstić information content (AvgIpc) is 3.12. The number of aromatic nitrogens is 1. The van der Waals surface area contributed by atoms with Crippen molar-refractivity contribution in [3.63, 3.8) is 0 Å². The number of hydrogen-bond donors (Lipinski definition) is 3. The summed E-state index contributed by atoms with van der Waals surface area (Å²) in [5, 5.41) is 17.2. The van der Waals surface area contributed by atoms with Crippen molar-refractivity contribution in [2.45, 2.75) is 19.6 Å². The fraction of sp³-hybridized carbons (Fsp3) is 0.500. The molecule has 0 radical (unpaired) electrons. The molecule has 0 saturated carbocycles. The highest BCUT2D eigenvalue weighted by Crippen LogP contribution is 2.26. The van der Waals surface area contributed by atoms with E-state index >= 15 is 0 Å². The normalized spacial score (nSPS) is 22.5. The molecule has 0 aromatic carbocycles. The number of nitrogens with one attached hydrogen (secondary N) is 2. The van der Waals surface area contributed by atoms with E-state index in [1.807, 2.05) is 25.3 Å². The summed E-state index contributed by atoms with van der Waals surface area (Å²) >= 11 is 1.64. The Kier molecular flexibility index (Phi) is 4.16. The van der Waals surface area contributed by atoms with E-state index in [-0.39, 0.29) is 6.10 Å². The van der Waals surface area contributed by atoms with Crippen molar-refractivity contribution in [3.8, 4) is 10.8 Å². The number of furan rings is 1. The summed E-state index contributed by atoms with van der Waals surface area (Å²) in [6.45, 7) is 5.12. The first-order chi connectivity index (χ1) is 9.72. The highest BCUT2D eigenvalue weighted by atomic mass is 32.1. The monoisotopic (exact) mass is 293 g/mol. The second kappa shape index (κ2) is 6.05. The third-order valence-electron chi connectivity index (χ3n) is 3.51. The van der Waals surface area contributed by atoms with Crippen LogP contribution in [0.15, 0.2) is 22.7 Å². The van der Waals surface area contributed by atoms with Crippen LogP contribution in [0.3, 0.4) is 0 Å². The molecule has 1 fully saturated rings. The fourth-order valence-corrected chi connectivity index (χ4v) is 3.20. The van der Waals surface area contributed by atoms with Crippen LogP contribution in [0.2, 0.25) is 0 Å². The van der Waals surface area contributed by atoms with Gasteiger partial charge in [-0.05, 0) is 19.1 Å². The van der Waals surface area contributed by atoms with Crippen LogP contribution in [0.4, 0.5) is 0 Å². The fourth-order valence-electron chi connectivity index (χ4n) is 2.36. The minimum absolute atomic E-state index is 0.231. The number of aliphatic hydroxyl groups excluding tert-OH is 1. The molecule has 0 amide bonds. The second-order valence-electron chi connectivity index (χ2n) is 5.16. The molecule has 1 aliphatic heterocycles. The molecule has 3 rings (SSSR count). The van der Waals surface area contributed by atoms with E-state index in [9.17, 15) is 5.11 Å². The quantitative estimate of drug-likeness (QED) is 0.777. The van der Waals surface area contributed by atoms with Gasteiger partial charge in [0.05, 0.1) is 6.10 Å². The van der Waals surface area contributed by atoms with E-state index in [0.29, 0.717) is 12.5 Å². The summed E-state index contributed by atoms with van der Waals surface area (Å²) in [5.41, 5.74) is 0. The van der Waals surface area contributed by atoms with Crippen LogP contribution >= 0.6 is 11.3 Å². The molecule has 0 bridgehead atoms. The largest absolute Gasteiger partial charge is 0.459 e. The molecule has 6 heteroatoms. The highest BCUT2D eigenvalue weighted by Gasteiger charge is 2.24. The van der Waals surface area contributed by atoms with Gasteiger partial charge in [0.25, 0.3) is 0 Å². The van der Waals surface area contributed by atoms with Gasteiger partial charge in [-0.15, -0.1) is 11.3 Å². The molecule has 2 unspecified atom stereocenters. The topological polar surface area (TPSA) is 70.3 Å². The van der Waals surface area contributed by atoms with E-state index in [4.69, 9.17) is 4.42 Å². The van der Waals surface area contributed by atoms with Crippen molar-refractivity contribution in [2.24, 2.45) is 5.92 Å². The summed E-state index contributed by atoms with van der Waals surface area (Å²) in [4.78, 5) is 5.56. The molecule has 0 aliphatic carbocycles. The molecule has 2 atom stereocenters. The molecule has 0 spiro atoms. The first-order valence-corrected chi connectivity index (χ1v) is 7.65.